The molecule has 6 nitrogen and oxygen atoms in total. The van der Waals surface area contributed by atoms with Crippen LogP contribution in [0.15, 0.2) is 6.07 Å². The lowest BCUT2D eigenvalue weighted by atomic mass is 9.43. The van der Waals surface area contributed by atoms with Crippen molar-refractivity contribution in [3.8, 4) is 5.75 Å². The highest BCUT2D eigenvalue weighted by Crippen LogP contribution is 2.66. The second-order valence-corrected chi connectivity index (χ2v) is 11.0. The molecule has 162 valence electrons. The fourth-order valence-electron chi connectivity index (χ4n) is 7.44. The standard InChI is InChI=1S/C24H32N2O4/c1-12-5-6-18-22(2,3)8-13(25)9-24(18)23(12,4)10-16-15(21(28)29)7-14-17(19(16)30-24)11-26-20(14)27/h7,12-13,18H,5-6,8-11,25H2,1-4H3,(H,26,27)(H,28,29)/t12-,13?,18-,23+,24-/m0/s1. The molecule has 1 aromatic carbocycles. The summed E-state index contributed by atoms with van der Waals surface area (Å²) in [6.07, 6.45) is 4.58. The van der Waals surface area contributed by atoms with Crippen LogP contribution in [-0.2, 0) is 13.0 Å². The molecule has 1 unspecified atom stereocenters. The van der Waals surface area contributed by atoms with Crippen molar-refractivity contribution < 1.29 is 19.4 Å². The zero-order chi connectivity index (χ0) is 21.6. The summed E-state index contributed by atoms with van der Waals surface area (Å²) in [4.78, 5) is 24.5. The Morgan fingerprint density at radius 1 is 1.23 bits per heavy atom. The first-order chi connectivity index (χ1) is 14.0. The number of hydrogen-bond donors (Lipinski definition) is 3. The van der Waals surface area contributed by atoms with Crippen LogP contribution in [0.5, 0.6) is 5.75 Å². The summed E-state index contributed by atoms with van der Waals surface area (Å²) in [7, 11) is 0. The van der Waals surface area contributed by atoms with Crippen molar-refractivity contribution in [3.05, 3.63) is 28.3 Å². The minimum absolute atomic E-state index is 0.0397. The highest BCUT2D eigenvalue weighted by molar-refractivity contribution is 6.03. The minimum atomic E-state index is -1.00. The van der Waals surface area contributed by atoms with Gasteiger partial charge < -0.3 is 20.9 Å². The molecule has 4 aliphatic rings. The van der Waals surface area contributed by atoms with Crippen LogP contribution in [0.1, 0.15) is 85.2 Å². The van der Waals surface area contributed by atoms with Crippen molar-refractivity contribution in [2.45, 2.75) is 78.0 Å². The van der Waals surface area contributed by atoms with Crippen LogP contribution in [0.2, 0.25) is 0 Å². The molecule has 6 heteroatoms. The molecule has 1 amide bonds. The van der Waals surface area contributed by atoms with E-state index in [-0.39, 0.29) is 28.3 Å². The zero-order valence-corrected chi connectivity index (χ0v) is 18.3. The average molecular weight is 413 g/mol. The quantitative estimate of drug-likeness (QED) is 0.655. The first kappa shape index (κ1) is 19.9. The van der Waals surface area contributed by atoms with E-state index in [1.54, 1.807) is 6.07 Å². The van der Waals surface area contributed by atoms with Gasteiger partial charge in [-0.25, -0.2) is 4.79 Å². The van der Waals surface area contributed by atoms with Gasteiger partial charge in [0, 0.05) is 47.0 Å². The number of nitrogens with one attached hydrogen (secondary N) is 1. The lowest BCUT2D eigenvalue weighted by Gasteiger charge is -2.67. The second-order valence-electron chi connectivity index (χ2n) is 11.0. The van der Waals surface area contributed by atoms with Gasteiger partial charge in [-0.1, -0.05) is 27.7 Å². The number of aromatic carboxylic acids is 1. The summed E-state index contributed by atoms with van der Waals surface area (Å²) < 4.78 is 7.05. The third-order valence-electron chi connectivity index (χ3n) is 9.02. The summed E-state index contributed by atoms with van der Waals surface area (Å²) in [5.41, 5.74) is 8.18. The molecule has 1 aromatic rings. The van der Waals surface area contributed by atoms with Crippen molar-refractivity contribution in [3.63, 3.8) is 0 Å². The van der Waals surface area contributed by atoms with Crippen LogP contribution in [0.25, 0.3) is 0 Å². The smallest absolute Gasteiger partial charge is 0.336 e. The Labute approximate surface area is 177 Å². The molecule has 0 radical (unpaired) electrons. The molecule has 2 aliphatic heterocycles. The van der Waals surface area contributed by atoms with Crippen LogP contribution >= 0.6 is 0 Å². The van der Waals surface area contributed by atoms with Crippen molar-refractivity contribution in [1.29, 1.82) is 0 Å². The Hall–Kier alpha value is -2.08. The average Bonchev–Trinajstić information content (AvgIpc) is 3.00. The third-order valence-corrected chi connectivity index (χ3v) is 9.02. The predicted octanol–water partition coefficient (Wildman–Crippen LogP) is 3.50. The van der Waals surface area contributed by atoms with Gasteiger partial charge in [0.05, 0.1) is 5.56 Å². The van der Waals surface area contributed by atoms with E-state index >= 15 is 0 Å². The van der Waals surface area contributed by atoms with E-state index in [1.165, 1.54) is 0 Å². The molecule has 0 bridgehead atoms. The normalized spacial score (nSPS) is 38.4. The van der Waals surface area contributed by atoms with E-state index in [1.807, 2.05) is 0 Å². The van der Waals surface area contributed by atoms with Crippen LogP contribution in [0.3, 0.4) is 0 Å². The minimum Gasteiger partial charge on any atom is -0.486 e. The van der Waals surface area contributed by atoms with E-state index in [0.717, 1.165) is 36.8 Å². The highest BCUT2D eigenvalue weighted by Gasteiger charge is 2.67. The van der Waals surface area contributed by atoms with E-state index in [9.17, 15) is 14.7 Å². The fourth-order valence-corrected chi connectivity index (χ4v) is 7.44. The molecule has 2 fully saturated rings. The molecule has 4 N–H and O–H groups in total. The maximum Gasteiger partial charge on any atom is 0.336 e. The van der Waals surface area contributed by atoms with E-state index < -0.39 is 11.6 Å². The van der Waals surface area contributed by atoms with Crippen LogP contribution in [0.4, 0.5) is 0 Å². The molecular formula is C24H32N2O4. The first-order valence-corrected chi connectivity index (χ1v) is 11.1. The van der Waals surface area contributed by atoms with Gasteiger partial charge in [0.1, 0.15) is 11.4 Å². The van der Waals surface area contributed by atoms with Crippen molar-refractivity contribution in [1.82, 2.24) is 5.32 Å². The summed E-state index contributed by atoms with van der Waals surface area (Å²) in [6.45, 7) is 9.55. The van der Waals surface area contributed by atoms with Crippen molar-refractivity contribution in [2.24, 2.45) is 28.4 Å². The number of carbonyl (C=O) groups is 2. The Morgan fingerprint density at radius 3 is 2.67 bits per heavy atom. The van der Waals surface area contributed by atoms with E-state index in [0.29, 0.717) is 36.1 Å². The third kappa shape index (κ3) is 2.34. The number of benzene rings is 1. The predicted molar refractivity (Wildman–Crippen MR) is 113 cm³/mol. The number of nitrogens with two attached hydrogens (primary N) is 1. The number of carboxylic acids is 1. The first-order valence-electron chi connectivity index (χ1n) is 11.1. The molecule has 0 aromatic heterocycles. The summed E-state index contributed by atoms with van der Waals surface area (Å²) in [5.74, 6) is 0.132. The number of amides is 1. The van der Waals surface area contributed by atoms with Gasteiger partial charge in [-0.15, -0.1) is 0 Å². The monoisotopic (exact) mass is 412 g/mol. The molecule has 2 saturated carbocycles. The Morgan fingerprint density at radius 2 is 1.97 bits per heavy atom. The molecule has 30 heavy (non-hydrogen) atoms. The summed E-state index contributed by atoms with van der Waals surface area (Å²) in [6, 6.07) is 1.59. The van der Waals surface area contributed by atoms with Gasteiger partial charge in [0.15, 0.2) is 0 Å². The van der Waals surface area contributed by atoms with Crippen LogP contribution in [0, 0.1) is 22.7 Å². The zero-order valence-electron chi connectivity index (χ0n) is 18.3. The number of fused-ring (bicyclic) bond motifs is 3. The van der Waals surface area contributed by atoms with E-state index in [4.69, 9.17) is 10.5 Å². The van der Waals surface area contributed by atoms with Crippen molar-refractivity contribution >= 4 is 11.9 Å². The van der Waals surface area contributed by atoms with Crippen molar-refractivity contribution in [2.75, 3.05) is 0 Å². The lowest BCUT2D eigenvalue weighted by Crippen LogP contribution is -2.71. The number of carbonyl (C=O) groups excluding carboxylic acids is 1. The highest BCUT2D eigenvalue weighted by atomic mass is 16.5. The largest absolute Gasteiger partial charge is 0.486 e. The number of carboxylic acid groups (broad SMARTS) is 1. The van der Waals surface area contributed by atoms with Gasteiger partial charge in [-0.3, -0.25) is 4.79 Å². The van der Waals surface area contributed by atoms with Gasteiger partial charge in [0.2, 0.25) is 0 Å². The number of rotatable bonds is 1. The molecular weight excluding hydrogens is 380 g/mol. The van der Waals surface area contributed by atoms with Gasteiger partial charge in [-0.2, -0.15) is 0 Å². The van der Waals surface area contributed by atoms with Gasteiger partial charge >= 0.3 is 5.97 Å². The second kappa shape index (κ2) is 6.00. The topological polar surface area (TPSA) is 102 Å². The SMILES string of the molecule is C[C@H]1CC[C@H]2C(C)(C)CC(N)C[C@]23Oc2c(c(C(=O)O)cc4c2CNC4=O)C[C@]13C. The summed E-state index contributed by atoms with van der Waals surface area (Å²) in [5, 5.41) is 12.8. The molecule has 2 heterocycles. The van der Waals surface area contributed by atoms with Crippen LogP contribution in [-0.4, -0.2) is 28.6 Å². The maximum atomic E-state index is 12.4. The Bertz CT molecular complexity index is 970. The fraction of sp³-hybridized carbons (Fsp3) is 0.667. The van der Waals surface area contributed by atoms with Gasteiger partial charge in [-0.05, 0) is 43.1 Å². The molecule has 0 saturated heterocycles. The lowest BCUT2D eigenvalue weighted by molar-refractivity contribution is -0.214. The van der Waals surface area contributed by atoms with Crippen LogP contribution < -0.4 is 15.8 Å². The molecule has 5 rings (SSSR count). The van der Waals surface area contributed by atoms with Gasteiger partial charge in [0.25, 0.3) is 5.91 Å². The molecule has 2 aliphatic carbocycles. The number of hydrogen-bond acceptors (Lipinski definition) is 4. The molecule has 1 spiro atoms. The molecule has 5 atom stereocenters. The Kier molecular flexibility index (Phi) is 3.97. The maximum absolute atomic E-state index is 12.4. The summed E-state index contributed by atoms with van der Waals surface area (Å²) >= 11 is 0. The number of ether oxygens (including phenoxy) is 1. The van der Waals surface area contributed by atoms with E-state index in [2.05, 4.69) is 33.0 Å². The Balaban J connectivity index is 1.78.